The first kappa shape index (κ1) is 27.0. The molecule has 3 N–H and O–H groups in total. The van der Waals surface area contributed by atoms with Crippen molar-refractivity contribution in [3.63, 3.8) is 0 Å². The number of aliphatic hydroxyl groups excluding tert-OH is 1. The summed E-state index contributed by atoms with van der Waals surface area (Å²) in [5, 5.41) is 13.7. The van der Waals surface area contributed by atoms with Crippen LogP contribution in [0.25, 0.3) is 11.0 Å². The predicted octanol–water partition coefficient (Wildman–Crippen LogP) is 1.31. The van der Waals surface area contributed by atoms with E-state index in [-0.39, 0.29) is 34.6 Å². The maximum Gasteiger partial charge on any atom is 0.244 e. The number of sulfone groups is 1. The van der Waals surface area contributed by atoms with E-state index in [1.54, 1.807) is 30.5 Å². The summed E-state index contributed by atoms with van der Waals surface area (Å²) in [6.45, 7) is 1.49. The van der Waals surface area contributed by atoms with Crippen LogP contribution in [-0.4, -0.2) is 93.1 Å². The van der Waals surface area contributed by atoms with Gasteiger partial charge in [0.15, 0.2) is 9.84 Å². The van der Waals surface area contributed by atoms with E-state index in [0.717, 1.165) is 18.2 Å². The van der Waals surface area contributed by atoms with Crippen LogP contribution in [0.4, 0.5) is 0 Å². The second kappa shape index (κ2) is 10.5. The first-order chi connectivity index (χ1) is 18.0. The maximum atomic E-state index is 13.2. The second-order valence-electron chi connectivity index (χ2n) is 10.0. The lowest BCUT2D eigenvalue weighted by molar-refractivity contribution is -0.0312. The molecule has 0 amide bonds. The molecule has 0 radical (unpaired) electrons. The lowest BCUT2D eigenvalue weighted by Gasteiger charge is -2.38. The average molecular weight is 565 g/mol. The van der Waals surface area contributed by atoms with E-state index in [1.165, 1.54) is 22.6 Å². The van der Waals surface area contributed by atoms with Gasteiger partial charge in [0.2, 0.25) is 10.0 Å². The fraction of sp³-hybridized carbons (Fsp3) is 0.480. The summed E-state index contributed by atoms with van der Waals surface area (Å²) in [5.41, 5.74) is 1.01. The molecule has 0 bridgehead atoms. The van der Waals surface area contributed by atoms with Crippen molar-refractivity contribution in [1.82, 2.24) is 19.6 Å². The van der Waals surface area contributed by atoms with Crippen LogP contribution in [0, 0.1) is 0 Å². The molecule has 1 spiro atoms. The first-order valence-electron chi connectivity index (χ1n) is 12.5. The number of rotatable bonds is 9. The lowest BCUT2D eigenvalue weighted by Crippen LogP contribution is -2.47. The SMILES string of the molecule is CS(=O)(=O)c1cccc(OC[C@@H](O)CN[C@H]2COC3(CCN(S(=O)(=O)c4cnc5cc[nH]c5c4)CC3)C2)c1. The van der Waals surface area contributed by atoms with Gasteiger partial charge in [-0.15, -0.1) is 0 Å². The van der Waals surface area contributed by atoms with E-state index in [1.807, 2.05) is 0 Å². The van der Waals surface area contributed by atoms with E-state index in [9.17, 15) is 21.9 Å². The minimum absolute atomic E-state index is 0.00882. The summed E-state index contributed by atoms with van der Waals surface area (Å²) in [4.78, 5) is 7.58. The Morgan fingerprint density at radius 3 is 2.76 bits per heavy atom. The molecule has 2 atom stereocenters. The van der Waals surface area contributed by atoms with E-state index in [4.69, 9.17) is 9.47 Å². The fourth-order valence-electron chi connectivity index (χ4n) is 5.01. The van der Waals surface area contributed by atoms with Gasteiger partial charge in [-0.3, -0.25) is 4.98 Å². The van der Waals surface area contributed by atoms with Gasteiger partial charge in [0.1, 0.15) is 23.4 Å². The van der Waals surface area contributed by atoms with Crippen LogP contribution in [0.15, 0.2) is 58.6 Å². The summed E-state index contributed by atoms with van der Waals surface area (Å²) >= 11 is 0. The molecular formula is C25H32N4O7S2. The maximum absolute atomic E-state index is 13.2. The number of aromatic nitrogens is 2. The molecule has 206 valence electrons. The zero-order valence-electron chi connectivity index (χ0n) is 21.0. The number of hydrogen-bond donors (Lipinski definition) is 3. The van der Waals surface area contributed by atoms with Gasteiger partial charge < -0.3 is 24.9 Å². The summed E-state index contributed by atoms with van der Waals surface area (Å²) in [5.74, 6) is 0.375. The average Bonchev–Trinajstić information content (AvgIpc) is 3.53. The Labute approximate surface area is 222 Å². The molecule has 38 heavy (non-hydrogen) atoms. The highest BCUT2D eigenvalue weighted by Crippen LogP contribution is 2.37. The first-order valence-corrected chi connectivity index (χ1v) is 15.8. The number of aromatic amines is 1. The molecule has 0 aliphatic carbocycles. The van der Waals surface area contributed by atoms with E-state index in [2.05, 4.69) is 15.3 Å². The number of piperidine rings is 1. The van der Waals surface area contributed by atoms with Crippen molar-refractivity contribution in [2.75, 3.05) is 39.1 Å². The summed E-state index contributed by atoms with van der Waals surface area (Å²) < 4.78 is 63.0. The number of nitrogens with one attached hydrogen (secondary N) is 2. The van der Waals surface area contributed by atoms with Gasteiger partial charge in [-0.25, -0.2) is 16.8 Å². The van der Waals surface area contributed by atoms with Crippen molar-refractivity contribution >= 4 is 30.9 Å². The number of fused-ring (bicyclic) bond motifs is 1. The topological polar surface area (TPSA) is 151 Å². The smallest absolute Gasteiger partial charge is 0.244 e. The fourth-order valence-corrected chi connectivity index (χ4v) is 7.08. The third-order valence-corrected chi connectivity index (χ3v) is 10.1. The molecule has 0 saturated carbocycles. The lowest BCUT2D eigenvalue weighted by atomic mass is 9.88. The summed E-state index contributed by atoms with van der Waals surface area (Å²) in [6, 6.07) is 9.61. The van der Waals surface area contributed by atoms with Crippen molar-refractivity contribution in [2.24, 2.45) is 0 Å². The normalized spacial score (nSPS) is 21.2. The van der Waals surface area contributed by atoms with Gasteiger partial charge in [-0.1, -0.05) is 6.07 Å². The van der Waals surface area contributed by atoms with Crippen molar-refractivity contribution in [2.45, 2.75) is 46.8 Å². The number of H-pyrrole nitrogens is 1. The molecule has 2 aliphatic heterocycles. The second-order valence-corrected chi connectivity index (χ2v) is 14.0. The molecular weight excluding hydrogens is 532 g/mol. The van der Waals surface area contributed by atoms with Gasteiger partial charge in [-0.05, 0) is 49.6 Å². The molecule has 4 heterocycles. The predicted molar refractivity (Wildman–Crippen MR) is 140 cm³/mol. The molecule has 2 saturated heterocycles. The Morgan fingerprint density at radius 2 is 2.00 bits per heavy atom. The highest BCUT2D eigenvalue weighted by atomic mass is 32.2. The summed E-state index contributed by atoms with van der Waals surface area (Å²) in [7, 11) is -6.99. The van der Waals surface area contributed by atoms with E-state index >= 15 is 0 Å². The third-order valence-electron chi connectivity index (χ3n) is 7.17. The minimum Gasteiger partial charge on any atom is -0.491 e. The standard InChI is InChI=1S/C25H32N4O7S2/c1-37(31,32)21-4-2-3-20(11-21)35-17-19(30)14-27-18-13-25(36-16-18)6-9-29(10-7-25)38(33,34)22-12-24-23(28-15-22)5-8-26-24/h2-5,8,11-12,15,18-19,26-27,30H,6-7,9-10,13-14,16-17H2,1H3/t18-,19+/m1/s1. The van der Waals surface area contributed by atoms with Gasteiger partial charge >= 0.3 is 0 Å². The van der Waals surface area contributed by atoms with Crippen molar-refractivity contribution < 1.29 is 31.4 Å². The van der Waals surface area contributed by atoms with Crippen molar-refractivity contribution in [1.29, 1.82) is 0 Å². The Morgan fingerprint density at radius 1 is 1.21 bits per heavy atom. The van der Waals surface area contributed by atoms with Gasteiger partial charge in [0.25, 0.3) is 0 Å². The van der Waals surface area contributed by atoms with Crippen molar-refractivity contribution in [3.8, 4) is 5.75 Å². The number of sulfonamides is 1. The van der Waals surface area contributed by atoms with Gasteiger partial charge in [0, 0.05) is 44.3 Å². The zero-order chi connectivity index (χ0) is 27.0. The minimum atomic E-state index is -3.65. The van der Waals surface area contributed by atoms with E-state index < -0.39 is 26.0 Å². The number of hydrogen-bond acceptors (Lipinski definition) is 9. The number of ether oxygens (including phenoxy) is 2. The Bertz CT molecular complexity index is 1500. The van der Waals surface area contributed by atoms with Crippen LogP contribution in [0.3, 0.4) is 0 Å². The molecule has 2 fully saturated rings. The Kier molecular flexibility index (Phi) is 7.50. The largest absolute Gasteiger partial charge is 0.491 e. The van der Waals surface area contributed by atoms with Gasteiger partial charge in [-0.2, -0.15) is 4.31 Å². The molecule has 13 heteroatoms. The number of aliphatic hydroxyl groups is 1. The van der Waals surface area contributed by atoms with Crippen LogP contribution in [0.5, 0.6) is 5.75 Å². The molecule has 2 aliphatic rings. The van der Waals surface area contributed by atoms with Crippen LogP contribution in [-0.2, 0) is 24.6 Å². The molecule has 1 aromatic carbocycles. The molecule has 0 unspecified atom stereocenters. The third kappa shape index (κ3) is 5.87. The molecule has 11 nitrogen and oxygen atoms in total. The summed E-state index contributed by atoms with van der Waals surface area (Å²) in [6.07, 6.45) is 5.36. The highest BCUT2D eigenvalue weighted by molar-refractivity contribution is 7.90. The van der Waals surface area contributed by atoms with Crippen LogP contribution >= 0.6 is 0 Å². The number of nitrogens with zero attached hydrogens (tertiary/aromatic N) is 2. The number of benzene rings is 1. The van der Waals surface area contributed by atoms with Gasteiger partial charge in [0.05, 0.1) is 28.1 Å². The zero-order valence-corrected chi connectivity index (χ0v) is 22.7. The van der Waals surface area contributed by atoms with Crippen LogP contribution in [0.2, 0.25) is 0 Å². The van der Waals surface area contributed by atoms with Crippen LogP contribution < -0.4 is 10.1 Å². The Balaban J connectivity index is 1.09. The monoisotopic (exact) mass is 564 g/mol. The number of pyridine rings is 1. The van der Waals surface area contributed by atoms with E-state index in [0.29, 0.717) is 43.8 Å². The van der Waals surface area contributed by atoms with Crippen molar-refractivity contribution in [3.05, 3.63) is 48.8 Å². The quantitative estimate of drug-likeness (QED) is 0.349. The molecule has 5 rings (SSSR count). The van der Waals surface area contributed by atoms with Crippen LogP contribution in [0.1, 0.15) is 19.3 Å². The molecule has 2 aromatic heterocycles. The highest BCUT2D eigenvalue weighted by Gasteiger charge is 2.44. The molecule has 3 aromatic rings. The Hall–Kier alpha value is -2.55.